The second-order valence-electron chi connectivity index (χ2n) is 5.96. The first-order valence-corrected chi connectivity index (χ1v) is 8.62. The fourth-order valence-electron chi connectivity index (χ4n) is 2.88. The molecule has 28 heavy (non-hydrogen) atoms. The Morgan fingerprint density at radius 1 is 1.18 bits per heavy atom. The van der Waals surface area contributed by atoms with Crippen molar-refractivity contribution in [2.75, 3.05) is 20.8 Å². The Bertz CT molecular complexity index is 979. The van der Waals surface area contributed by atoms with E-state index >= 15 is 0 Å². The molecule has 2 aromatic rings. The van der Waals surface area contributed by atoms with Crippen molar-refractivity contribution < 1.29 is 23.8 Å². The summed E-state index contributed by atoms with van der Waals surface area (Å²) in [4.78, 5) is 27.9. The zero-order valence-corrected chi connectivity index (χ0v) is 16.5. The fraction of sp³-hybridized carbons (Fsp3) is 0.286. The number of rotatable bonds is 7. The molecule has 0 aliphatic rings. The molecule has 0 unspecified atom stereocenters. The standard InChI is InChI=1S/C21H22N2O5/c1-6-28-21(25)18-12(2)19(23-13(18)3)20(24)15(11-22)9-14-7-8-16(26-4)17(10-14)27-5/h7-10,23H,6H2,1-5H3/b15-9+. The van der Waals surface area contributed by atoms with Crippen LogP contribution in [-0.2, 0) is 4.74 Å². The Morgan fingerprint density at radius 2 is 1.86 bits per heavy atom. The molecule has 0 atom stereocenters. The van der Waals surface area contributed by atoms with Crippen molar-refractivity contribution in [3.05, 3.63) is 51.9 Å². The number of ether oxygens (including phenoxy) is 3. The number of allylic oxidation sites excluding steroid dienone is 1. The minimum atomic E-state index is -0.506. The number of H-pyrrole nitrogens is 1. The highest BCUT2D eigenvalue weighted by molar-refractivity contribution is 6.15. The third-order valence-corrected chi connectivity index (χ3v) is 4.23. The highest BCUT2D eigenvalue weighted by atomic mass is 16.5. The van der Waals surface area contributed by atoms with Gasteiger partial charge in [-0.15, -0.1) is 0 Å². The number of benzene rings is 1. The predicted molar refractivity (Wildman–Crippen MR) is 104 cm³/mol. The van der Waals surface area contributed by atoms with Crippen LogP contribution < -0.4 is 9.47 Å². The van der Waals surface area contributed by atoms with Gasteiger partial charge in [-0.25, -0.2) is 4.79 Å². The van der Waals surface area contributed by atoms with Gasteiger partial charge in [-0.3, -0.25) is 4.79 Å². The van der Waals surface area contributed by atoms with E-state index in [-0.39, 0.29) is 17.9 Å². The van der Waals surface area contributed by atoms with Gasteiger partial charge < -0.3 is 19.2 Å². The quantitative estimate of drug-likeness (QED) is 0.340. The Balaban J connectivity index is 2.45. The van der Waals surface area contributed by atoms with Gasteiger partial charge in [0.2, 0.25) is 5.78 Å². The molecule has 0 amide bonds. The zero-order valence-electron chi connectivity index (χ0n) is 16.5. The monoisotopic (exact) mass is 382 g/mol. The number of nitrogens with zero attached hydrogens (tertiary/aromatic N) is 1. The number of aromatic nitrogens is 1. The number of Topliss-reactive ketones (excluding diaryl/α,β-unsaturated/α-hetero) is 1. The van der Waals surface area contributed by atoms with E-state index in [1.165, 1.54) is 20.3 Å². The number of carbonyl (C=O) groups is 2. The van der Waals surface area contributed by atoms with E-state index < -0.39 is 11.8 Å². The lowest BCUT2D eigenvalue weighted by atomic mass is 10.0. The van der Waals surface area contributed by atoms with Gasteiger partial charge >= 0.3 is 5.97 Å². The summed E-state index contributed by atoms with van der Waals surface area (Å²) in [5.74, 6) is 0.0143. The van der Waals surface area contributed by atoms with Crippen molar-refractivity contribution in [2.24, 2.45) is 0 Å². The molecule has 0 fully saturated rings. The molecule has 7 nitrogen and oxygen atoms in total. The molecular weight excluding hydrogens is 360 g/mol. The number of esters is 1. The van der Waals surface area contributed by atoms with Gasteiger partial charge in [-0.2, -0.15) is 5.26 Å². The SMILES string of the molecule is CCOC(=O)c1c(C)[nH]c(C(=O)/C(C#N)=C/c2ccc(OC)c(OC)c2)c1C. The minimum Gasteiger partial charge on any atom is -0.493 e. The molecular formula is C21H22N2O5. The molecule has 0 saturated carbocycles. The third-order valence-electron chi connectivity index (χ3n) is 4.23. The normalized spacial score (nSPS) is 10.9. The number of aromatic amines is 1. The first-order valence-electron chi connectivity index (χ1n) is 8.62. The van der Waals surface area contributed by atoms with Gasteiger partial charge in [-0.05, 0) is 50.1 Å². The number of nitriles is 1. The van der Waals surface area contributed by atoms with E-state index in [9.17, 15) is 14.9 Å². The molecule has 0 saturated heterocycles. The van der Waals surface area contributed by atoms with Gasteiger partial charge in [0.05, 0.1) is 32.1 Å². The second-order valence-corrected chi connectivity index (χ2v) is 5.96. The van der Waals surface area contributed by atoms with E-state index in [1.54, 1.807) is 39.0 Å². The van der Waals surface area contributed by atoms with E-state index in [4.69, 9.17) is 14.2 Å². The fourth-order valence-corrected chi connectivity index (χ4v) is 2.88. The average Bonchev–Trinajstić information content (AvgIpc) is 2.99. The van der Waals surface area contributed by atoms with E-state index in [0.717, 1.165) is 0 Å². The first-order chi connectivity index (χ1) is 13.4. The second kappa shape index (κ2) is 8.91. The lowest BCUT2D eigenvalue weighted by Gasteiger charge is -2.08. The van der Waals surface area contributed by atoms with Crippen molar-refractivity contribution in [1.82, 2.24) is 4.98 Å². The topological polar surface area (TPSA) is 101 Å². The van der Waals surface area contributed by atoms with Gasteiger partial charge in [0.15, 0.2) is 11.5 Å². The molecule has 0 aliphatic carbocycles. The molecule has 0 spiro atoms. The molecule has 1 N–H and O–H groups in total. The van der Waals surface area contributed by atoms with Crippen LogP contribution in [0.15, 0.2) is 23.8 Å². The maximum absolute atomic E-state index is 12.9. The lowest BCUT2D eigenvalue weighted by molar-refractivity contribution is 0.0525. The Labute approximate surface area is 163 Å². The van der Waals surface area contributed by atoms with E-state index in [1.807, 2.05) is 6.07 Å². The highest BCUT2D eigenvalue weighted by Gasteiger charge is 2.24. The van der Waals surface area contributed by atoms with Crippen LogP contribution in [-0.4, -0.2) is 37.6 Å². The number of methoxy groups -OCH3 is 2. The number of hydrogen-bond acceptors (Lipinski definition) is 6. The minimum absolute atomic E-state index is 0.0769. The number of aryl methyl sites for hydroxylation is 1. The molecule has 1 aromatic carbocycles. The molecule has 146 valence electrons. The summed E-state index contributed by atoms with van der Waals surface area (Å²) in [6.45, 7) is 5.27. The Kier molecular flexibility index (Phi) is 6.61. The molecule has 0 radical (unpaired) electrons. The van der Waals surface area contributed by atoms with Gasteiger partial charge in [-0.1, -0.05) is 6.07 Å². The highest BCUT2D eigenvalue weighted by Crippen LogP contribution is 2.29. The summed E-state index contributed by atoms with van der Waals surface area (Å²) in [5.41, 5.74) is 2.00. The number of ketones is 1. The summed E-state index contributed by atoms with van der Waals surface area (Å²) in [5, 5.41) is 9.51. The summed E-state index contributed by atoms with van der Waals surface area (Å²) in [6.07, 6.45) is 1.46. The Hall–Kier alpha value is -3.53. The number of nitrogens with one attached hydrogen (secondary N) is 1. The molecule has 1 aromatic heterocycles. The van der Waals surface area contributed by atoms with Gasteiger partial charge in [0, 0.05) is 5.69 Å². The van der Waals surface area contributed by atoms with Crippen LogP contribution >= 0.6 is 0 Å². The Morgan fingerprint density at radius 3 is 2.43 bits per heavy atom. The number of hydrogen-bond donors (Lipinski definition) is 1. The largest absolute Gasteiger partial charge is 0.493 e. The van der Waals surface area contributed by atoms with Crippen LogP contribution in [0.2, 0.25) is 0 Å². The van der Waals surface area contributed by atoms with Crippen molar-refractivity contribution in [1.29, 1.82) is 5.26 Å². The van der Waals surface area contributed by atoms with Gasteiger partial charge in [0.25, 0.3) is 0 Å². The van der Waals surface area contributed by atoms with Gasteiger partial charge in [0.1, 0.15) is 11.6 Å². The van der Waals surface area contributed by atoms with Crippen LogP contribution in [0.1, 0.15) is 44.6 Å². The zero-order chi connectivity index (χ0) is 20.8. The predicted octanol–water partition coefficient (Wildman–Crippen LogP) is 3.62. The summed E-state index contributed by atoms with van der Waals surface area (Å²) >= 11 is 0. The van der Waals surface area contributed by atoms with Crippen LogP contribution in [0.5, 0.6) is 11.5 Å². The molecule has 1 heterocycles. The summed E-state index contributed by atoms with van der Waals surface area (Å²) < 4.78 is 15.5. The van der Waals surface area contributed by atoms with Crippen LogP contribution in [0.4, 0.5) is 0 Å². The van der Waals surface area contributed by atoms with Crippen LogP contribution in [0, 0.1) is 25.2 Å². The molecule has 2 rings (SSSR count). The van der Waals surface area contributed by atoms with E-state index in [2.05, 4.69) is 4.98 Å². The van der Waals surface area contributed by atoms with Crippen LogP contribution in [0.3, 0.4) is 0 Å². The summed E-state index contributed by atoms with van der Waals surface area (Å²) in [6, 6.07) is 6.99. The maximum atomic E-state index is 12.9. The number of carbonyl (C=O) groups excluding carboxylic acids is 2. The van der Waals surface area contributed by atoms with Crippen molar-refractivity contribution in [3.63, 3.8) is 0 Å². The van der Waals surface area contributed by atoms with E-state index in [0.29, 0.717) is 33.9 Å². The molecule has 0 aliphatic heterocycles. The van der Waals surface area contributed by atoms with Crippen molar-refractivity contribution in [3.8, 4) is 17.6 Å². The maximum Gasteiger partial charge on any atom is 0.340 e. The van der Waals surface area contributed by atoms with Crippen molar-refractivity contribution >= 4 is 17.8 Å². The summed E-state index contributed by atoms with van der Waals surface area (Å²) in [7, 11) is 3.03. The average molecular weight is 382 g/mol. The third kappa shape index (κ3) is 4.07. The first kappa shape index (κ1) is 20.8. The lowest BCUT2D eigenvalue weighted by Crippen LogP contribution is -2.08. The molecule has 7 heteroatoms. The van der Waals surface area contributed by atoms with Crippen molar-refractivity contribution in [2.45, 2.75) is 20.8 Å². The van der Waals surface area contributed by atoms with Crippen LogP contribution in [0.25, 0.3) is 6.08 Å². The smallest absolute Gasteiger partial charge is 0.340 e. The molecule has 0 bridgehead atoms.